The van der Waals surface area contributed by atoms with E-state index in [0.29, 0.717) is 23.1 Å². The molecule has 0 fully saturated rings. The van der Waals surface area contributed by atoms with Gasteiger partial charge in [-0.3, -0.25) is 0 Å². The molecule has 0 saturated heterocycles. The van der Waals surface area contributed by atoms with Crippen LogP contribution in [0.4, 0.5) is 5.82 Å². The first-order valence-electron chi connectivity index (χ1n) is 7.91. The Morgan fingerprint density at radius 1 is 1.16 bits per heavy atom. The van der Waals surface area contributed by atoms with Gasteiger partial charge in [-0.05, 0) is 29.3 Å². The van der Waals surface area contributed by atoms with E-state index in [0.717, 1.165) is 11.1 Å². The maximum atomic E-state index is 11.8. The zero-order valence-electron chi connectivity index (χ0n) is 13.5. The summed E-state index contributed by atoms with van der Waals surface area (Å²) in [5.74, 6) is 0.510. The van der Waals surface area contributed by atoms with Crippen LogP contribution in [-0.2, 0) is 16.3 Å². The second-order valence-electron chi connectivity index (χ2n) is 6.27. The van der Waals surface area contributed by atoms with Crippen molar-refractivity contribution in [3.05, 3.63) is 59.9 Å². The highest BCUT2D eigenvalue weighted by atomic mass is 32.2. The molecule has 4 rings (SSSR count). The highest BCUT2D eigenvalue weighted by Gasteiger charge is 2.31. The van der Waals surface area contributed by atoms with Crippen LogP contribution in [0.25, 0.3) is 10.9 Å². The van der Waals surface area contributed by atoms with Gasteiger partial charge in [0.25, 0.3) is 0 Å². The molecule has 1 heterocycles. The molecule has 0 saturated carbocycles. The molecule has 128 valence electrons. The number of aromatic nitrogens is 2. The standard InChI is InChI=1S/C18H17N3O3S/c1-25(23,24)12-6-7-15-14(9-12)18(20-10-19-15)21-17-13-5-3-2-4-11(13)8-16(17)22/h2-7,9-10,16-17,22H,8H2,1H3,(H,19,20,21). The van der Waals surface area contributed by atoms with E-state index in [1.165, 1.54) is 18.6 Å². The molecule has 7 heteroatoms. The maximum Gasteiger partial charge on any atom is 0.175 e. The van der Waals surface area contributed by atoms with Gasteiger partial charge >= 0.3 is 0 Å². The van der Waals surface area contributed by atoms with Gasteiger partial charge in [0, 0.05) is 18.1 Å². The summed E-state index contributed by atoms with van der Waals surface area (Å²) in [6, 6.07) is 12.3. The summed E-state index contributed by atoms with van der Waals surface area (Å²) in [7, 11) is -3.33. The fraction of sp³-hybridized carbons (Fsp3) is 0.222. The van der Waals surface area contributed by atoms with Crippen molar-refractivity contribution in [3.8, 4) is 0 Å². The van der Waals surface area contributed by atoms with E-state index in [1.807, 2.05) is 24.3 Å². The molecule has 6 nitrogen and oxygen atoms in total. The van der Waals surface area contributed by atoms with Gasteiger partial charge in [-0.1, -0.05) is 24.3 Å². The molecule has 3 aromatic rings. The molecule has 0 spiro atoms. The number of benzene rings is 2. The first-order valence-corrected chi connectivity index (χ1v) is 9.80. The molecular weight excluding hydrogens is 338 g/mol. The van der Waals surface area contributed by atoms with E-state index in [-0.39, 0.29) is 10.9 Å². The number of hydrogen-bond donors (Lipinski definition) is 2. The maximum absolute atomic E-state index is 11.8. The fourth-order valence-electron chi connectivity index (χ4n) is 3.28. The van der Waals surface area contributed by atoms with Crippen molar-refractivity contribution in [2.24, 2.45) is 0 Å². The first kappa shape index (κ1) is 16.0. The van der Waals surface area contributed by atoms with E-state index in [2.05, 4.69) is 15.3 Å². The number of nitrogens with zero attached hydrogens (tertiary/aromatic N) is 2. The third-order valence-electron chi connectivity index (χ3n) is 4.53. The quantitative estimate of drug-likeness (QED) is 0.747. The zero-order chi connectivity index (χ0) is 17.6. The third-order valence-corrected chi connectivity index (χ3v) is 5.64. The Hall–Kier alpha value is -2.51. The lowest BCUT2D eigenvalue weighted by Crippen LogP contribution is -2.21. The molecular formula is C18H17N3O3S. The molecule has 0 radical (unpaired) electrons. The number of rotatable bonds is 3. The van der Waals surface area contributed by atoms with E-state index >= 15 is 0 Å². The van der Waals surface area contributed by atoms with Gasteiger partial charge in [0.05, 0.1) is 22.6 Å². The second-order valence-corrected chi connectivity index (χ2v) is 8.28. The monoisotopic (exact) mass is 355 g/mol. The van der Waals surface area contributed by atoms with Crippen molar-refractivity contribution in [1.82, 2.24) is 9.97 Å². The van der Waals surface area contributed by atoms with Gasteiger partial charge in [0.1, 0.15) is 12.1 Å². The Kier molecular flexibility index (Phi) is 3.70. The lowest BCUT2D eigenvalue weighted by molar-refractivity contribution is 0.165. The number of nitrogens with one attached hydrogen (secondary N) is 1. The Balaban J connectivity index is 1.80. The number of aliphatic hydroxyl groups excluding tert-OH is 1. The van der Waals surface area contributed by atoms with Crippen LogP contribution < -0.4 is 5.32 Å². The van der Waals surface area contributed by atoms with Gasteiger partial charge in [0.15, 0.2) is 9.84 Å². The number of aliphatic hydroxyl groups is 1. The topological polar surface area (TPSA) is 92.2 Å². The predicted molar refractivity (Wildman–Crippen MR) is 95.2 cm³/mol. The van der Waals surface area contributed by atoms with E-state index < -0.39 is 15.9 Å². The van der Waals surface area contributed by atoms with Gasteiger partial charge in [-0.2, -0.15) is 0 Å². The number of fused-ring (bicyclic) bond motifs is 2. The van der Waals surface area contributed by atoms with Crippen LogP contribution in [0.3, 0.4) is 0 Å². The van der Waals surface area contributed by atoms with Crippen LogP contribution in [0.5, 0.6) is 0 Å². The van der Waals surface area contributed by atoms with Crippen LogP contribution in [0.15, 0.2) is 53.7 Å². The zero-order valence-corrected chi connectivity index (χ0v) is 14.4. The van der Waals surface area contributed by atoms with Crippen molar-refractivity contribution in [2.45, 2.75) is 23.5 Å². The highest BCUT2D eigenvalue weighted by Crippen LogP contribution is 2.35. The van der Waals surface area contributed by atoms with Crippen molar-refractivity contribution >= 4 is 26.6 Å². The lowest BCUT2D eigenvalue weighted by atomic mass is 10.1. The SMILES string of the molecule is CS(=O)(=O)c1ccc2ncnc(NC3c4ccccc4CC3O)c2c1. The molecule has 0 bridgehead atoms. The van der Waals surface area contributed by atoms with Crippen molar-refractivity contribution in [1.29, 1.82) is 0 Å². The average Bonchev–Trinajstić information content (AvgIpc) is 2.90. The van der Waals surface area contributed by atoms with Crippen molar-refractivity contribution in [2.75, 3.05) is 11.6 Å². The van der Waals surface area contributed by atoms with Gasteiger partial charge < -0.3 is 10.4 Å². The predicted octanol–water partition coefficient (Wildman–Crippen LogP) is 2.10. The minimum atomic E-state index is -3.33. The molecule has 2 atom stereocenters. The van der Waals surface area contributed by atoms with Crippen LogP contribution in [-0.4, -0.2) is 35.9 Å². The Labute approximate surface area is 145 Å². The smallest absolute Gasteiger partial charge is 0.175 e. The van der Waals surface area contributed by atoms with E-state index in [1.54, 1.807) is 12.1 Å². The largest absolute Gasteiger partial charge is 0.390 e. The van der Waals surface area contributed by atoms with Crippen LogP contribution >= 0.6 is 0 Å². The summed E-state index contributed by atoms with van der Waals surface area (Å²) in [6.07, 6.45) is 2.60. The minimum absolute atomic E-state index is 0.213. The molecule has 1 aliphatic rings. The normalized spacial score (nSPS) is 19.8. The van der Waals surface area contributed by atoms with Crippen molar-refractivity contribution in [3.63, 3.8) is 0 Å². The number of anilines is 1. The number of hydrogen-bond acceptors (Lipinski definition) is 6. The second kappa shape index (κ2) is 5.79. The van der Waals surface area contributed by atoms with E-state index in [9.17, 15) is 13.5 Å². The number of sulfone groups is 1. The highest BCUT2D eigenvalue weighted by molar-refractivity contribution is 7.90. The van der Waals surface area contributed by atoms with Crippen LogP contribution in [0, 0.1) is 0 Å². The van der Waals surface area contributed by atoms with Crippen molar-refractivity contribution < 1.29 is 13.5 Å². The average molecular weight is 355 g/mol. The molecule has 2 N–H and O–H groups in total. The van der Waals surface area contributed by atoms with Crippen LogP contribution in [0.2, 0.25) is 0 Å². The minimum Gasteiger partial charge on any atom is -0.390 e. The fourth-order valence-corrected chi connectivity index (χ4v) is 3.92. The summed E-state index contributed by atoms with van der Waals surface area (Å²) >= 11 is 0. The Morgan fingerprint density at radius 2 is 1.96 bits per heavy atom. The first-order chi connectivity index (χ1) is 11.9. The summed E-state index contributed by atoms with van der Waals surface area (Å²) in [6.45, 7) is 0. The molecule has 1 aromatic heterocycles. The Bertz CT molecular complexity index is 1070. The van der Waals surface area contributed by atoms with Gasteiger partial charge in [-0.25, -0.2) is 18.4 Å². The molecule has 0 aliphatic heterocycles. The summed E-state index contributed by atoms with van der Waals surface area (Å²) in [4.78, 5) is 8.68. The summed E-state index contributed by atoms with van der Waals surface area (Å²) in [5.41, 5.74) is 2.77. The Morgan fingerprint density at radius 3 is 2.76 bits per heavy atom. The molecule has 2 unspecified atom stereocenters. The molecule has 25 heavy (non-hydrogen) atoms. The molecule has 1 aliphatic carbocycles. The van der Waals surface area contributed by atoms with Gasteiger partial charge in [-0.15, -0.1) is 0 Å². The summed E-state index contributed by atoms with van der Waals surface area (Å²) in [5, 5.41) is 14.3. The summed E-state index contributed by atoms with van der Waals surface area (Å²) < 4.78 is 23.7. The molecule has 2 aromatic carbocycles. The lowest BCUT2D eigenvalue weighted by Gasteiger charge is -2.19. The van der Waals surface area contributed by atoms with Crippen LogP contribution in [0.1, 0.15) is 17.2 Å². The van der Waals surface area contributed by atoms with Gasteiger partial charge in [0.2, 0.25) is 0 Å². The third kappa shape index (κ3) is 2.85. The van der Waals surface area contributed by atoms with E-state index in [4.69, 9.17) is 0 Å². The molecule has 0 amide bonds.